The molecule has 0 saturated heterocycles. The van der Waals surface area contributed by atoms with E-state index in [1.165, 1.54) is 0 Å². The van der Waals surface area contributed by atoms with Gasteiger partial charge in [-0.2, -0.15) is 0 Å². The van der Waals surface area contributed by atoms with E-state index in [1.54, 1.807) is 12.4 Å². The van der Waals surface area contributed by atoms with Crippen molar-refractivity contribution < 1.29 is 0 Å². The van der Waals surface area contributed by atoms with E-state index in [0.29, 0.717) is 5.82 Å². The molecule has 3 N–H and O–H groups in total. The quantitative estimate of drug-likeness (QED) is 0.773. The molecule has 106 valence electrons. The van der Waals surface area contributed by atoms with Crippen molar-refractivity contribution in [1.82, 2.24) is 15.3 Å². The normalized spacial score (nSPS) is 12.5. The monoisotopic (exact) mass is 278 g/mol. The van der Waals surface area contributed by atoms with Gasteiger partial charge in [0.15, 0.2) is 0 Å². The van der Waals surface area contributed by atoms with Crippen LogP contribution in [0.3, 0.4) is 0 Å². The summed E-state index contributed by atoms with van der Waals surface area (Å²) in [7, 11) is 1.93. The van der Waals surface area contributed by atoms with Crippen molar-refractivity contribution in [3.05, 3.63) is 65.5 Å². The van der Waals surface area contributed by atoms with E-state index >= 15 is 0 Å². The summed E-state index contributed by atoms with van der Waals surface area (Å²) in [6.07, 6.45) is 3.55. The maximum Gasteiger partial charge on any atom is 0.128 e. The predicted octanol–water partition coefficient (Wildman–Crippen LogP) is 2.83. The van der Waals surface area contributed by atoms with E-state index in [0.717, 1.165) is 27.6 Å². The highest BCUT2D eigenvalue weighted by Gasteiger charge is 2.18. The van der Waals surface area contributed by atoms with Gasteiger partial charge in [-0.25, -0.2) is 4.98 Å². The Bertz CT molecular complexity index is 762. The molecule has 0 amide bonds. The molecule has 1 aromatic carbocycles. The first-order chi connectivity index (χ1) is 10.2. The minimum Gasteiger partial charge on any atom is -0.383 e. The van der Waals surface area contributed by atoms with Crippen molar-refractivity contribution in [2.75, 3.05) is 12.8 Å². The second kappa shape index (κ2) is 5.50. The maximum atomic E-state index is 6.08. The number of nitrogens with zero attached hydrogens (tertiary/aromatic N) is 2. The zero-order valence-electron chi connectivity index (χ0n) is 12.2. The Balaban J connectivity index is 2.14. The van der Waals surface area contributed by atoms with Crippen LogP contribution in [-0.2, 0) is 0 Å². The van der Waals surface area contributed by atoms with Crippen molar-refractivity contribution in [2.45, 2.75) is 13.0 Å². The number of nitrogens with one attached hydrogen (secondary N) is 1. The lowest BCUT2D eigenvalue weighted by molar-refractivity contribution is 0.688. The number of nitrogens with two attached hydrogens (primary N) is 1. The fourth-order valence-electron chi connectivity index (χ4n) is 2.72. The number of aryl methyl sites for hydroxylation is 1. The molecular weight excluding hydrogens is 260 g/mol. The molecule has 4 nitrogen and oxygen atoms in total. The number of hydrogen-bond donors (Lipinski definition) is 2. The van der Waals surface area contributed by atoms with Crippen LogP contribution in [0.5, 0.6) is 0 Å². The number of benzene rings is 1. The molecule has 21 heavy (non-hydrogen) atoms. The highest BCUT2D eigenvalue weighted by atomic mass is 14.9. The van der Waals surface area contributed by atoms with E-state index in [4.69, 9.17) is 5.73 Å². The fourth-order valence-corrected chi connectivity index (χ4v) is 2.72. The second-order valence-electron chi connectivity index (χ2n) is 5.10. The van der Waals surface area contributed by atoms with Crippen molar-refractivity contribution in [3.8, 4) is 0 Å². The molecular formula is C17H18N4. The molecule has 3 aromatic rings. The largest absolute Gasteiger partial charge is 0.383 e. The summed E-state index contributed by atoms with van der Waals surface area (Å²) in [6.45, 7) is 2.06. The van der Waals surface area contributed by atoms with Gasteiger partial charge in [-0.3, -0.25) is 4.98 Å². The number of anilines is 1. The summed E-state index contributed by atoms with van der Waals surface area (Å²) in [6, 6.07) is 12.3. The minimum atomic E-state index is 0.0170. The molecule has 0 aliphatic rings. The summed E-state index contributed by atoms with van der Waals surface area (Å²) in [4.78, 5) is 8.58. The summed E-state index contributed by atoms with van der Waals surface area (Å²) in [5.41, 5.74) is 10.4. The van der Waals surface area contributed by atoms with Gasteiger partial charge >= 0.3 is 0 Å². The van der Waals surface area contributed by atoms with Gasteiger partial charge in [0.2, 0.25) is 0 Å². The number of pyridine rings is 2. The van der Waals surface area contributed by atoms with E-state index in [-0.39, 0.29) is 6.04 Å². The van der Waals surface area contributed by atoms with E-state index in [2.05, 4.69) is 40.4 Å². The summed E-state index contributed by atoms with van der Waals surface area (Å²) >= 11 is 0. The van der Waals surface area contributed by atoms with Crippen molar-refractivity contribution >= 4 is 16.7 Å². The lowest BCUT2D eigenvalue weighted by atomic mass is 9.95. The molecule has 4 heteroatoms. The van der Waals surface area contributed by atoms with Crippen LogP contribution in [0.2, 0.25) is 0 Å². The third kappa shape index (κ3) is 2.45. The first-order valence-corrected chi connectivity index (χ1v) is 6.93. The molecule has 1 unspecified atom stereocenters. The Morgan fingerprint density at radius 1 is 1.10 bits per heavy atom. The minimum absolute atomic E-state index is 0.0170. The highest BCUT2D eigenvalue weighted by Crippen LogP contribution is 2.29. The first kappa shape index (κ1) is 13.5. The Morgan fingerprint density at radius 3 is 2.71 bits per heavy atom. The van der Waals surface area contributed by atoms with Crippen LogP contribution in [0, 0.1) is 6.92 Å². The summed E-state index contributed by atoms with van der Waals surface area (Å²) in [5.74, 6) is 0.570. The molecule has 0 spiro atoms. The van der Waals surface area contributed by atoms with Gasteiger partial charge in [-0.1, -0.05) is 12.1 Å². The van der Waals surface area contributed by atoms with Crippen LogP contribution >= 0.6 is 0 Å². The van der Waals surface area contributed by atoms with Gasteiger partial charge in [-0.15, -0.1) is 0 Å². The van der Waals surface area contributed by atoms with Gasteiger partial charge in [0.05, 0.1) is 11.6 Å². The Labute approximate surface area is 124 Å². The van der Waals surface area contributed by atoms with Crippen molar-refractivity contribution in [2.24, 2.45) is 0 Å². The molecule has 0 fully saturated rings. The first-order valence-electron chi connectivity index (χ1n) is 6.93. The molecule has 1 atom stereocenters. The number of hydrogen-bond acceptors (Lipinski definition) is 4. The van der Waals surface area contributed by atoms with E-state index in [9.17, 15) is 0 Å². The Morgan fingerprint density at radius 2 is 1.95 bits per heavy atom. The molecule has 3 rings (SSSR count). The van der Waals surface area contributed by atoms with Crippen LogP contribution in [0.25, 0.3) is 10.9 Å². The lowest BCUT2D eigenvalue weighted by Gasteiger charge is -2.21. The van der Waals surface area contributed by atoms with E-state index in [1.807, 2.05) is 25.2 Å². The molecule has 0 bridgehead atoms. The van der Waals surface area contributed by atoms with Gasteiger partial charge in [0, 0.05) is 23.3 Å². The summed E-state index contributed by atoms with van der Waals surface area (Å²) < 4.78 is 0. The average Bonchev–Trinajstić information content (AvgIpc) is 2.50. The zero-order chi connectivity index (χ0) is 14.8. The molecule has 2 aromatic heterocycles. The van der Waals surface area contributed by atoms with Crippen LogP contribution in [0.15, 0.2) is 48.8 Å². The Hall–Kier alpha value is -2.46. The van der Waals surface area contributed by atoms with Gasteiger partial charge in [-0.05, 0) is 49.4 Å². The zero-order valence-corrected chi connectivity index (χ0v) is 12.2. The van der Waals surface area contributed by atoms with Crippen LogP contribution in [0.1, 0.15) is 22.7 Å². The molecule has 0 radical (unpaired) electrons. The summed E-state index contributed by atoms with van der Waals surface area (Å²) in [5, 5.41) is 4.46. The average molecular weight is 278 g/mol. The fraction of sp³-hybridized carbons (Fsp3) is 0.176. The Kier molecular flexibility index (Phi) is 3.54. The molecule has 0 saturated carbocycles. The number of rotatable bonds is 3. The van der Waals surface area contributed by atoms with Crippen molar-refractivity contribution in [3.63, 3.8) is 0 Å². The van der Waals surface area contributed by atoms with Crippen LogP contribution < -0.4 is 11.1 Å². The van der Waals surface area contributed by atoms with Crippen LogP contribution in [-0.4, -0.2) is 17.0 Å². The second-order valence-corrected chi connectivity index (χ2v) is 5.10. The molecule has 2 heterocycles. The van der Waals surface area contributed by atoms with Crippen molar-refractivity contribution in [1.29, 1.82) is 0 Å². The van der Waals surface area contributed by atoms with Gasteiger partial charge < -0.3 is 11.1 Å². The standard InChI is InChI=1S/C17H18N4/c1-11-7-9-21-17(18)15(11)16(19-2)13-5-6-14-12(10-13)4-3-8-20-14/h3-10,16,19H,1-2H3,(H2,18,21). The van der Waals surface area contributed by atoms with Gasteiger partial charge in [0.25, 0.3) is 0 Å². The maximum absolute atomic E-state index is 6.08. The number of nitrogen functional groups attached to an aromatic ring is 1. The smallest absolute Gasteiger partial charge is 0.128 e. The van der Waals surface area contributed by atoms with E-state index < -0.39 is 0 Å². The lowest BCUT2D eigenvalue weighted by Crippen LogP contribution is -2.20. The van der Waals surface area contributed by atoms with Gasteiger partial charge in [0.1, 0.15) is 5.82 Å². The number of aromatic nitrogens is 2. The predicted molar refractivity (Wildman–Crippen MR) is 86.0 cm³/mol. The molecule has 0 aliphatic heterocycles. The highest BCUT2D eigenvalue weighted by molar-refractivity contribution is 5.79. The SMILES string of the molecule is CNC(c1ccc2ncccc2c1)c1c(C)ccnc1N. The third-order valence-corrected chi connectivity index (χ3v) is 3.78. The number of fused-ring (bicyclic) bond motifs is 1. The molecule has 0 aliphatic carbocycles. The third-order valence-electron chi connectivity index (χ3n) is 3.78. The topological polar surface area (TPSA) is 63.8 Å². The van der Waals surface area contributed by atoms with Crippen LogP contribution in [0.4, 0.5) is 5.82 Å².